The van der Waals surface area contributed by atoms with E-state index in [4.69, 9.17) is 15.1 Å². The first-order valence-corrected chi connectivity index (χ1v) is 5.72. The van der Waals surface area contributed by atoms with Gasteiger partial charge in [0.1, 0.15) is 28.9 Å². The van der Waals surface area contributed by atoms with E-state index in [1.165, 1.54) is 24.3 Å². The summed E-state index contributed by atoms with van der Waals surface area (Å²) >= 11 is 0. The smallest absolute Gasteiger partial charge is 0.339 e. The number of hydrogen-bond donors (Lipinski definition) is 1. The number of nitrogens with zero attached hydrogens (tertiary/aromatic N) is 1. The Bertz CT molecular complexity index is 720. The molecule has 0 atom stereocenters. The average Bonchev–Trinajstić information content (AvgIpc) is 2.41. The highest BCUT2D eigenvalue weighted by atomic mass is 19.1. The summed E-state index contributed by atoms with van der Waals surface area (Å²) in [7, 11) is 0. The molecule has 0 fully saturated rings. The minimum absolute atomic E-state index is 0.00484. The van der Waals surface area contributed by atoms with Gasteiger partial charge in [-0.1, -0.05) is 11.6 Å². The standard InChI is InChI=1S/C15H10FNO3/c1-9-2-5-14(12(6-9)15(18)19)20-11-4-3-10(8-17)13(16)7-11/h2-7H,1H3,(H,18,19). The SMILES string of the molecule is Cc1ccc(Oc2ccc(C#N)c(F)c2)c(C(=O)O)c1. The van der Waals surface area contributed by atoms with Gasteiger partial charge in [0, 0.05) is 6.07 Å². The maximum Gasteiger partial charge on any atom is 0.339 e. The Balaban J connectivity index is 2.38. The molecule has 0 aliphatic heterocycles. The molecule has 100 valence electrons. The van der Waals surface area contributed by atoms with E-state index >= 15 is 0 Å². The van der Waals surface area contributed by atoms with Crippen molar-refractivity contribution < 1.29 is 19.0 Å². The fourth-order valence-electron chi connectivity index (χ4n) is 1.68. The van der Waals surface area contributed by atoms with Gasteiger partial charge in [-0.2, -0.15) is 5.26 Å². The topological polar surface area (TPSA) is 70.3 Å². The van der Waals surface area contributed by atoms with Crippen LogP contribution in [-0.2, 0) is 0 Å². The Morgan fingerprint density at radius 1 is 1.30 bits per heavy atom. The van der Waals surface area contributed by atoms with Crippen molar-refractivity contribution in [3.8, 4) is 17.6 Å². The van der Waals surface area contributed by atoms with Gasteiger partial charge in [-0.15, -0.1) is 0 Å². The number of hydrogen-bond acceptors (Lipinski definition) is 3. The number of carbonyl (C=O) groups is 1. The quantitative estimate of drug-likeness (QED) is 0.927. The highest BCUT2D eigenvalue weighted by molar-refractivity contribution is 5.91. The van der Waals surface area contributed by atoms with Gasteiger partial charge in [-0.3, -0.25) is 0 Å². The van der Waals surface area contributed by atoms with E-state index < -0.39 is 11.8 Å². The summed E-state index contributed by atoms with van der Waals surface area (Å²) in [6.45, 7) is 1.76. The predicted molar refractivity (Wildman–Crippen MR) is 69.3 cm³/mol. The van der Waals surface area contributed by atoms with Gasteiger partial charge in [0.05, 0.1) is 5.56 Å². The van der Waals surface area contributed by atoms with Crippen LogP contribution in [-0.4, -0.2) is 11.1 Å². The summed E-state index contributed by atoms with van der Waals surface area (Å²) < 4.78 is 18.8. The molecule has 0 heterocycles. The van der Waals surface area contributed by atoms with Crippen LogP contribution in [0.2, 0.25) is 0 Å². The van der Waals surface area contributed by atoms with Crippen molar-refractivity contribution in [1.82, 2.24) is 0 Å². The second-order valence-electron chi connectivity index (χ2n) is 4.16. The van der Waals surface area contributed by atoms with Crippen molar-refractivity contribution in [2.75, 3.05) is 0 Å². The first-order chi connectivity index (χ1) is 9.51. The van der Waals surface area contributed by atoms with Crippen LogP contribution in [0.25, 0.3) is 0 Å². The number of carboxylic acid groups (broad SMARTS) is 1. The molecule has 0 aliphatic carbocycles. The molecule has 2 aromatic rings. The highest BCUT2D eigenvalue weighted by Gasteiger charge is 2.13. The zero-order valence-electron chi connectivity index (χ0n) is 10.6. The molecule has 0 aromatic heterocycles. The number of aryl methyl sites for hydroxylation is 1. The summed E-state index contributed by atoms with van der Waals surface area (Å²) in [5, 5.41) is 17.7. The van der Waals surface area contributed by atoms with Gasteiger partial charge >= 0.3 is 5.97 Å². The van der Waals surface area contributed by atoms with Gasteiger partial charge in [-0.25, -0.2) is 9.18 Å². The van der Waals surface area contributed by atoms with E-state index in [-0.39, 0.29) is 22.6 Å². The summed E-state index contributed by atoms with van der Waals surface area (Å²) in [4.78, 5) is 11.1. The predicted octanol–water partition coefficient (Wildman–Crippen LogP) is 3.50. The van der Waals surface area contributed by atoms with Crippen LogP contribution in [0.5, 0.6) is 11.5 Å². The van der Waals surface area contributed by atoms with E-state index in [1.54, 1.807) is 19.1 Å². The van der Waals surface area contributed by atoms with E-state index in [9.17, 15) is 9.18 Å². The molecule has 20 heavy (non-hydrogen) atoms. The van der Waals surface area contributed by atoms with Crippen molar-refractivity contribution in [3.63, 3.8) is 0 Å². The summed E-state index contributed by atoms with van der Waals surface area (Å²) in [5.74, 6) is -1.59. The summed E-state index contributed by atoms with van der Waals surface area (Å²) in [6.07, 6.45) is 0. The lowest BCUT2D eigenvalue weighted by Gasteiger charge is -2.09. The van der Waals surface area contributed by atoms with Crippen molar-refractivity contribution in [2.45, 2.75) is 6.92 Å². The Kier molecular flexibility index (Phi) is 3.67. The van der Waals surface area contributed by atoms with Gasteiger partial charge in [0.15, 0.2) is 0 Å². The normalized spacial score (nSPS) is 9.85. The maximum absolute atomic E-state index is 13.5. The lowest BCUT2D eigenvalue weighted by Crippen LogP contribution is -2.00. The molecular formula is C15H10FNO3. The number of ether oxygens (including phenoxy) is 1. The monoisotopic (exact) mass is 271 g/mol. The van der Waals surface area contributed by atoms with Gasteiger partial charge in [0.25, 0.3) is 0 Å². The molecule has 0 amide bonds. The van der Waals surface area contributed by atoms with Crippen molar-refractivity contribution >= 4 is 5.97 Å². The maximum atomic E-state index is 13.5. The van der Waals surface area contributed by atoms with Crippen LogP contribution >= 0.6 is 0 Å². The van der Waals surface area contributed by atoms with Crippen molar-refractivity contribution in [2.24, 2.45) is 0 Å². The van der Waals surface area contributed by atoms with Crippen LogP contribution < -0.4 is 4.74 Å². The third kappa shape index (κ3) is 2.75. The molecule has 0 spiro atoms. The Morgan fingerprint density at radius 3 is 2.65 bits per heavy atom. The number of carboxylic acids is 1. The molecule has 0 saturated carbocycles. The fourth-order valence-corrected chi connectivity index (χ4v) is 1.68. The molecule has 1 N–H and O–H groups in total. The molecule has 0 unspecified atom stereocenters. The first kappa shape index (κ1) is 13.6. The van der Waals surface area contributed by atoms with Crippen LogP contribution in [0.4, 0.5) is 4.39 Å². The van der Waals surface area contributed by atoms with Crippen molar-refractivity contribution in [1.29, 1.82) is 5.26 Å². The molecule has 2 rings (SSSR count). The number of benzene rings is 2. The molecule has 5 heteroatoms. The van der Waals surface area contributed by atoms with Crippen LogP contribution in [0.1, 0.15) is 21.5 Å². The minimum Gasteiger partial charge on any atom is -0.478 e. The second kappa shape index (κ2) is 5.41. The Hall–Kier alpha value is -2.87. The van der Waals surface area contributed by atoms with E-state index in [0.717, 1.165) is 11.6 Å². The van der Waals surface area contributed by atoms with Crippen LogP contribution in [0.3, 0.4) is 0 Å². The Morgan fingerprint density at radius 2 is 2.05 bits per heavy atom. The number of halogens is 1. The van der Waals surface area contributed by atoms with Gasteiger partial charge < -0.3 is 9.84 Å². The Labute approximate surface area is 114 Å². The van der Waals surface area contributed by atoms with Crippen molar-refractivity contribution in [3.05, 3.63) is 58.9 Å². The highest BCUT2D eigenvalue weighted by Crippen LogP contribution is 2.27. The molecule has 4 nitrogen and oxygen atoms in total. The summed E-state index contributed by atoms with van der Waals surface area (Å²) in [5.41, 5.74) is 0.676. The molecule has 2 aromatic carbocycles. The molecule has 0 radical (unpaired) electrons. The molecular weight excluding hydrogens is 261 g/mol. The lowest BCUT2D eigenvalue weighted by atomic mass is 10.1. The number of aromatic carboxylic acids is 1. The van der Waals surface area contributed by atoms with E-state index in [2.05, 4.69) is 0 Å². The van der Waals surface area contributed by atoms with E-state index in [1.807, 2.05) is 0 Å². The zero-order valence-corrected chi connectivity index (χ0v) is 10.6. The minimum atomic E-state index is -1.13. The zero-order chi connectivity index (χ0) is 14.7. The first-order valence-electron chi connectivity index (χ1n) is 5.72. The van der Waals surface area contributed by atoms with Crippen LogP contribution in [0, 0.1) is 24.1 Å². The molecule has 0 aliphatic rings. The van der Waals surface area contributed by atoms with Crippen LogP contribution in [0.15, 0.2) is 36.4 Å². The largest absolute Gasteiger partial charge is 0.478 e. The number of rotatable bonds is 3. The van der Waals surface area contributed by atoms with E-state index in [0.29, 0.717) is 0 Å². The van der Waals surface area contributed by atoms with Gasteiger partial charge in [-0.05, 0) is 31.2 Å². The third-order valence-electron chi connectivity index (χ3n) is 2.65. The lowest BCUT2D eigenvalue weighted by molar-refractivity contribution is 0.0694. The molecule has 0 bridgehead atoms. The fraction of sp³-hybridized carbons (Fsp3) is 0.0667. The second-order valence-corrected chi connectivity index (χ2v) is 4.16. The number of nitriles is 1. The van der Waals surface area contributed by atoms with Gasteiger partial charge in [0.2, 0.25) is 0 Å². The summed E-state index contributed by atoms with van der Waals surface area (Å²) in [6, 6.07) is 10.1. The third-order valence-corrected chi connectivity index (χ3v) is 2.65. The molecule has 0 saturated heterocycles. The average molecular weight is 271 g/mol.